The third-order valence-electron chi connectivity index (χ3n) is 10.9. The molecule has 7 aromatic carbocycles. The summed E-state index contributed by atoms with van der Waals surface area (Å²) in [6.45, 7) is 4.21. The van der Waals surface area contributed by atoms with E-state index in [0.717, 1.165) is 61.8 Å². The van der Waals surface area contributed by atoms with Crippen LogP contribution < -0.4 is 9.80 Å². The number of aryl methyl sites for hydroxylation is 2. The van der Waals surface area contributed by atoms with Crippen LogP contribution in [0, 0.1) is 13.8 Å². The molecule has 9 rings (SSSR count). The number of para-hydroxylation sites is 3. The van der Waals surface area contributed by atoms with Crippen molar-refractivity contribution in [2.24, 2.45) is 0 Å². The highest BCUT2D eigenvalue weighted by Crippen LogP contribution is 2.63. The second kappa shape index (κ2) is 11.3. The van der Waals surface area contributed by atoms with Gasteiger partial charge in [-0.3, -0.25) is 0 Å². The van der Waals surface area contributed by atoms with Gasteiger partial charge in [0.05, 0.1) is 16.8 Å². The van der Waals surface area contributed by atoms with E-state index < -0.39 is 11.0 Å². The molecular formula is C47H38N2O. The Morgan fingerprint density at radius 1 is 0.460 bits per heavy atom. The average Bonchev–Trinajstić information content (AvgIpc) is 3.17. The maximum absolute atomic E-state index is 13.8. The second-order valence-electron chi connectivity index (χ2n) is 13.7. The van der Waals surface area contributed by atoms with Crippen molar-refractivity contribution in [3.63, 3.8) is 0 Å². The molecule has 3 heteroatoms. The standard InChI is InChI=1S/C47H38N2O/c1-32-25-28-34(29-26-32)48(3)43-30-27-33(2)31-42(43)47(50)38-19-9-7-17-36(38)46(37-18-8-10-20-39(37)47)40-21-11-13-23-44(40)49(35-15-5-4-6-16-35)45-24-14-12-22-41(45)46/h4-31,50H,1-3H3. The lowest BCUT2D eigenvalue weighted by molar-refractivity contribution is 0.119. The number of hydrogen-bond donors (Lipinski definition) is 1. The van der Waals surface area contributed by atoms with E-state index in [9.17, 15) is 5.11 Å². The average molecular weight is 647 g/mol. The normalized spacial score (nSPS) is 14.7. The molecule has 50 heavy (non-hydrogen) atoms. The SMILES string of the molecule is Cc1ccc(N(C)c2ccc(C)cc2C2(O)c3ccccc3C3(c4ccccc4N(c4ccccc4)c4ccccc43)c3ccccc32)cc1. The van der Waals surface area contributed by atoms with E-state index in [1.54, 1.807) is 0 Å². The summed E-state index contributed by atoms with van der Waals surface area (Å²) >= 11 is 0. The number of anilines is 5. The predicted molar refractivity (Wildman–Crippen MR) is 206 cm³/mol. The van der Waals surface area contributed by atoms with Crippen molar-refractivity contribution in [3.8, 4) is 0 Å². The topological polar surface area (TPSA) is 26.7 Å². The molecule has 0 amide bonds. The van der Waals surface area contributed by atoms with Gasteiger partial charge in [-0.15, -0.1) is 0 Å². The Labute approximate surface area is 294 Å². The zero-order valence-electron chi connectivity index (χ0n) is 28.5. The molecule has 7 aromatic rings. The lowest BCUT2D eigenvalue weighted by Gasteiger charge is -2.52. The Kier molecular flexibility index (Phi) is 6.84. The first-order valence-corrected chi connectivity index (χ1v) is 17.3. The number of aliphatic hydroxyl groups is 1. The van der Waals surface area contributed by atoms with Gasteiger partial charge in [-0.05, 0) is 89.7 Å². The zero-order valence-corrected chi connectivity index (χ0v) is 28.5. The lowest BCUT2D eigenvalue weighted by Crippen LogP contribution is -2.47. The molecule has 1 heterocycles. The lowest BCUT2D eigenvalue weighted by atomic mass is 9.54. The molecule has 0 radical (unpaired) electrons. The van der Waals surface area contributed by atoms with Crippen molar-refractivity contribution in [2.75, 3.05) is 16.8 Å². The summed E-state index contributed by atoms with van der Waals surface area (Å²) in [4.78, 5) is 4.59. The van der Waals surface area contributed by atoms with Gasteiger partial charge >= 0.3 is 0 Å². The quantitative estimate of drug-likeness (QED) is 0.206. The van der Waals surface area contributed by atoms with Gasteiger partial charge < -0.3 is 14.9 Å². The highest BCUT2D eigenvalue weighted by Gasteiger charge is 2.56. The highest BCUT2D eigenvalue weighted by atomic mass is 16.3. The molecule has 242 valence electrons. The largest absolute Gasteiger partial charge is 0.376 e. The van der Waals surface area contributed by atoms with E-state index in [2.05, 4.69) is 201 Å². The molecular weight excluding hydrogens is 609 g/mol. The molecule has 0 saturated carbocycles. The minimum atomic E-state index is -1.45. The van der Waals surface area contributed by atoms with Crippen molar-refractivity contribution in [1.29, 1.82) is 0 Å². The summed E-state index contributed by atoms with van der Waals surface area (Å²) in [5.41, 5.74) is 12.7. The van der Waals surface area contributed by atoms with Crippen LogP contribution in [0.4, 0.5) is 28.4 Å². The van der Waals surface area contributed by atoms with Crippen LogP contribution in [0.15, 0.2) is 170 Å². The molecule has 0 bridgehead atoms. The maximum Gasteiger partial charge on any atom is 0.143 e. The van der Waals surface area contributed by atoms with E-state index >= 15 is 0 Å². The minimum Gasteiger partial charge on any atom is -0.376 e. The van der Waals surface area contributed by atoms with Crippen LogP contribution in [0.5, 0.6) is 0 Å². The Hall–Kier alpha value is -5.90. The molecule has 0 saturated heterocycles. The molecule has 1 aliphatic heterocycles. The Morgan fingerprint density at radius 3 is 1.48 bits per heavy atom. The summed E-state index contributed by atoms with van der Waals surface area (Å²) in [7, 11) is 2.09. The number of rotatable bonds is 4. The fourth-order valence-corrected chi connectivity index (χ4v) is 8.65. The van der Waals surface area contributed by atoms with E-state index in [-0.39, 0.29) is 0 Å². The number of nitrogens with zero attached hydrogens (tertiary/aromatic N) is 2. The molecule has 1 aliphatic carbocycles. The first-order valence-electron chi connectivity index (χ1n) is 17.3. The van der Waals surface area contributed by atoms with Gasteiger partial charge in [0.15, 0.2) is 0 Å². The molecule has 0 aromatic heterocycles. The van der Waals surface area contributed by atoms with Crippen LogP contribution in [0.2, 0.25) is 0 Å². The first kappa shape index (κ1) is 30.2. The number of fused-ring (bicyclic) bond motifs is 8. The molecule has 2 aliphatic rings. The number of hydrogen-bond acceptors (Lipinski definition) is 3. The van der Waals surface area contributed by atoms with Crippen LogP contribution in [0.25, 0.3) is 0 Å². The maximum atomic E-state index is 13.8. The summed E-state index contributed by atoms with van der Waals surface area (Å²) in [5, 5.41) is 13.8. The van der Waals surface area contributed by atoms with E-state index in [0.29, 0.717) is 0 Å². The summed E-state index contributed by atoms with van der Waals surface area (Å²) in [5.74, 6) is 0. The summed E-state index contributed by atoms with van der Waals surface area (Å²) in [6.07, 6.45) is 0. The number of benzene rings is 7. The smallest absolute Gasteiger partial charge is 0.143 e. The molecule has 3 nitrogen and oxygen atoms in total. The highest BCUT2D eigenvalue weighted by molar-refractivity contribution is 5.91. The van der Waals surface area contributed by atoms with Crippen molar-refractivity contribution >= 4 is 28.4 Å². The van der Waals surface area contributed by atoms with Crippen molar-refractivity contribution in [2.45, 2.75) is 24.9 Å². The van der Waals surface area contributed by atoms with E-state index in [1.807, 2.05) is 0 Å². The van der Waals surface area contributed by atoms with Gasteiger partial charge in [0, 0.05) is 29.7 Å². The van der Waals surface area contributed by atoms with Gasteiger partial charge in [0.25, 0.3) is 0 Å². The van der Waals surface area contributed by atoms with Crippen molar-refractivity contribution in [1.82, 2.24) is 0 Å². The third kappa shape index (κ3) is 4.14. The second-order valence-corrected chi connectivity index (χ2v) is 13.7. The van der Waals surface area contributed by atoms with Gasteiger partial charge in [0.2, 0.25) is 0 Å². The third-order valence-corrected chi connectivity index (χ3v) is 10.9. The summed E-state index contributed by atoms with van der Waals surface area (Å²) < 4.78 is 0. The zero-order chi connectivity index (χ0) is 34.0. The molecule has 1 N–H and O–H groups in total. The van der Waals surface area contributed by atoms with Crippen molar-refractivity contribution in [3.05, 3.63) is 220 Å². The van der Waals surface area contributed by atoms with Gasteiger partial charge in [0.1, 0.15) is 5.60 Å². The fraction of sp³-hybridized carbons (Fsp3) is 0.106. The summed E-state index contributed by atoms with van der Waals surface area (Å²) in [6, 6.07) is 60.4. The van der Waals surface area contributed by atoms with Crippen LogP contribution in [-0.2, 0) is 11.0 Å². The van der Waals surface area contributed by atoms with Gasteiger partial charge in [-0.2, -0.15) is 0 Å². The van der Waals surface area contributed by atoms with Gasteiger partial charge in [-0.25, -0.2) is 0 Å². The van der Waals surface area contributed by atoms with E-state index in [4.69, 9.17) is 0 Å². The minimum absolute atomic E-state index is 0.690. The Bertz CT molecular complexity index is 2300. The van der Waals surface area contributed by atoms with Crippen LogP contribution >= 0.6 is 0 Å². The van der Waals surface area contributed by atoms with Crippen molar-refractivity contribution < 1.29 is 5.11 Å². The molecule has 0 fully saturated rings. The van der Waals surface area contributed by atoms with Crippen LogP contribution in [0.1, 0.15) is 50.1 Å². The Balaban J connectivity index is 1.38. The van der Waals surface area contributed by atoms with Gasteiger partial charge in [-0.1, -0.05) is 139 Å². The van der Waals surface area contributed by atoms with Crippen LogP contribution in [-0.4, -0.2) is 12.2 Å². The monoisotopic (exact) mass is 646 g/mol. The molecule has 1 spiro atoms. The molecule has 0 unspecified atom stereocenters. The Morgan fingerprint density at radius 2 is 0.920 bits per heavy atom. The van der Waals surface area contributed by atoms with E-state index in [1.165, 1.54) is 16.7 Å². The fourth-order valence-electron chi connectivity index (χ4n) is 8.65. The first-order chi connectivity index (χ1) is 24.4. The van der Waals surface area contributed by atoms with Crippen LogP contribution in [0.3, 0.4) is 0 Å². The predicted octanol–water partition coefficient (Wildman–Crippen LogP) is 10.8. The molecule has 0 atom stereocenters.